The molecule has 2 aromatic carbocycles. The number of benzene rings is 2. The topological polar surface area (TPSA) is 50.4 Å². The number of rotatable bonds is 5. The van der Waals surface area contributed by atoms with Gasteiger partial charge < -0.3 is 11.1 Å². The van der Waals surface area contributed by atoms with E-state index in [1.165, 1.54) is 0 Å². The lowest BCUT2D eigenvalue weighted by Gasteiger charge is -2.11. The summed E-state index contributed by atoms with van der Waals surface area (Å²) in [6.07, 6.45) is 7.83. The van der Waals surface area contributed by atoms with E-state index in [1.54, 1.807) is 0 Å². The van der Waals surface area contributed by atoms with E-state index >= 15 is 0 Å². The Balaban J connectivity index is 2.33. The Hall–Kier alpha value is -2.98. The molecule has 0 aliphatic rings. The van der Waals surface area contributed by atoms with Crippen LogP contribution in [0.5, 0.6) is 0 Å². The second-order valence-corrected chi connectivity index (χ2v) is 5.64. The molecule has 0 fully saturated rings. The fourth-order valence-electron chi connectivity index (χ4n) is 2.24. The minimum atomic E-state index is 0.0854. The Bertz CT molecular complexity index is 816. The number of amidine groups is 1. The molecule has 4 heteroatoms. The number of hydrogen-bond acceptors (Lipinski definition) is 1. The summed E-state index contributed by atoms with van der Waals surface area (Å²) < 4.78 is 0. The highest BCUT2D eigenvalue weighted by molar-refractivity contribution is 7.80. The van der Waals surface area contributed by atoms with Gasteiger partial charge in [-0.15, -0.1) is 0 Å². The zero-order chi connectivity index (χ0) is 18.1. The average molecular weight is 347 g/mol. The van der Waals surface area contributed by atoms with Gasteiger partial charge in [0.1, 0.15) is 5.84 Å². The van der Waals surface area contributed by atoms with Crippen LogP contribution in [0.2, 0.25) is 0 Å². The summed E-state index contributed by atoms with van der Waals surface area (Å²) in [6, 6.07) is 17.8. The van der Waals surface area contributed by atoms with E-state index in [-0.39, 0.29) is 5.11 Å². The highest BCUT2D eigenvalue weighted by atomic mass is 32.1. The molecule has 0 saturated heterocycles. The van der Waals surface area contributed by atoms with Crippen molar-refractivity contribution in [3.05, 3.63) is 96.6 Å². The van der Waals surface area contributed by atoms with Crippen LogP contribution in [0.25, 0.3) is 5.57 Å². The highest BCUT2D eigenvalue weighted by Crippen LogP contribution is 2.18. The van der Waals surface area contributed by atoms with Crippen LogP contribution in [0.1, 0.15) is 18.1 Å². The highest BCUT2D eigenvalue weighted by Gasteiger charge is 2.06. The van der Waals surface area contributed by atoms with E-state index in [9.17, 15) is 0 Å². The van der Waals surface area contributed by atoms with E-state index in [0.29, 0.717) is 5.84 Å². The summed E-state index contributed by atoms with van der Waals surface area (Å²) in [5.74, 6) is 0.614. The molecule has 2 aromatic rings. The van der Waals surface area contributed by atoms with Crippen molar-refractivity contribution in [1.29, 1.82) is 0 Å². The van der Waals surface area contributed by atoms with Crippen LogP contribution in [0.4, 0.5) is 5.69 Å². The van der Waals surface area contributed by atoms with Crippen molar-refractivity contribution >= 4 is 34.4 Å². The number of thiocarbonyl (C=S) groups is 1. The van der Waals surface area contributed by atoms with Crippen LogP contribution < -0.4 is 11.1 Å². The molecular formula is C21H21N3S. The number of para-hydroxylation sites is 1. The van der Waals surface area contributed by atoms with Crippen molar-refractivity contribution in [2.24, 2.45) is 10.7 Å². The molecule has 0 aromatic heterocycles. The Morgan fingerprint density at radius 1 is 1.08 bits per heavy atom. The predicted octanol–water partition coefficient (Wildman–Crippen LogP) is 4.93. The van der Waals surface area contributed by atoms with Crippen molar-refractivity contribution in [3.8, 4) is 0 Å². The Morgan fingerprint density at radius 2 is 1.72 bits per heavy atom. The maximum Gasteiger partial charge on any atom is 0.192 e. The smallest absolute Gasteiger partial charge is 0.192 e. The maximum atomic E-state index is 5.61. The summed E-state index contributed by atoms with van der Waals surface area (Å²) in [7, 11) is 0. The Labute approximate surface area is 154 Å². The molecule has 0 radical (unpaired) electrons. The number of nitrogens with two attached hydrogens (primary N) is 1. The summed E-state index contributed by atoms with van der Waals surface area (Å²) in [5, 5.41) is 3.35. The zero-order valence-electron chi connectivity index (χ0n) is 14.1. The van der Waals surface area contributed by atoms with Gasteiger partial charge in [0, 0.05) is 11.3 Å². The maximum absolute atomic E-state index is 5.61. The van der Waals surface area contributed by atoms with Crippen molar-refractivity contribution in [3.63, 3.8) is 0 Å². The first-order valence-corrected chi connectivity index (χ1v) is 8.31. The molecule has 0 heterocycles. The molecule has 0 unspecified atom stereocenters. The first-order chi connectivity index (χ1) is 12.1. The van der Waals surface area contributed by atoms with Gasteiger partial charge in [0.2, 0.25) is 0 Å². The largest absolute Gasteiger partial charge is 0.374 e. The van der Waals surface area contributed by atoms with Crippen LogP contribution in [0, 0.1) is 0 Å². The van der Waals surface area contributed by atoms with Crippen LogP contribution in [-0.2, 0) is 0 Å². The van der Waals surface area contributed by atoms with Gasteiger partial charge in [-0.25, -0.2) is 4.99 Å². The molecule has 3 nitrogen and oxygen atoms in total. The molecule has 0 amide bonds. The first kappa shape index (κ1) is 18.4. The summed E-state index contributed by atoms with van der Waals surface area (Å²) in [5.41, 5.74) is 9.55. The van der Waals surface area contributed by atoms with E-state index in [1.807, 2.05) is 85.8 Å². The van der Waals surface area contributed by atoms with Crippen LogP contribution in [0.3, 0.4) is 0 Å². The number of nitrogens with one attached hydrogen (secondary N) is 1. The summed E-state index contributed by atoms with van der Waals surface area (Å²) in [4.78, 5) is 4.26. The Morgan fingerprint density at radius 3 is 2.28 bits per heavy atom. The quantitative estimate of drug-likeness (QED) is 0.349. The number of nitrogens with zero attached hydrogens (tertiary/aromatic N) is 1. The molecule has 0 aliphatic heterocycles. The molecule has 0 aliphatic carbocycles. The molecule has 126 valence electrons. The van der Waals surface area contributed by atoms with Gasteiger partial charge in [-0.3, -0.25) is 0 Å². The Kier molecular flexibility index (Phi) is 6.87. The standard InChI is InChI=1S/C21H21N3S/c1-3-5-9-16(4-2)17-12-14-18(15-13-17)20(24-21(22)25)23-19-10-7-6-8-11-19/h3-15H,2H2,1H3,(H3,22,23,24,25)/b5-3-,16-9+. The van der Waals surface area contributed by atoms with Crippen LogP contribution in [-0.4, -0.2) is 10.9 Å². The van der Waals surface area contributed by atoms with Gasteiger partial charge in [0.05, 0.1) is 0 Å². The summed E-state index contributed by atoms with van der Waals surface area (Å²) in [6.45, 7) is 5.85. The van der Waals surface area contributed by atoms with Crippen molar-refractivity contribution in [1.82, 2.24) is 0 Å². The van der Waals surface area contributed by atoms with E-state index in [2.05, 4.69) is 16.9 Å². The molecule has 0 bridgehead atoms. The predicted molar refractivity (Wildman–Crippen MR) is 113 cm³/mol. The molecule has 25 heavy (non-hydrogen) atoms. The molecule has 2 rings (SSSR count). The number of aliphatic imine (C=N–C) groups is 1. The van der Waals surface area contributed by atoms with Crippen molar-refractivity contribution < 1.29 is 0 Å². The number of anilines is 1. The lowest BCUT2D eigenvalue weighted by molar-refractivity contribution is 1.50. The molecule has 0 saturated carbocycles. The van der Waals surface area contributed by atoms with Crippen LogP contribution >= 0.6 is 12.2 Å². The average Bonchev–Trinajstić information content (AvgIpc) is 2.63. The van der Waals surface area contributed by atoms with Crippen molar-refractivity contribution in [2.75, 3.05) is 5.32 Å². The van der Waals surface area contributed by atoms with E-state index in [0.717, 1.165) is 22.4 Å². The van der Waals surface area contributed by atoms with E-state index < -0.39 is 0 Å². The van der Waals surface area contributed by atoms with Gasteiger partial charge in [-0.05, 0) is 42.4 Å². The minimum absolute atomic E-state index is 0.0854. The normalized spacial score (nSPS) is 12.2. The molecule has 3 N–H and O–H groups in total. The third kappa shape index (κ3) is 5.55. The molecular weight excluding hydrogens is 326 g/mol. The lowest BCUT2D eigenvalue weighted by atomic mass is 10.0. The zero-order valence-corrected chi connectivity index (χ0v) is 15.0. The van der Waals surface area contributed by atoms with Gasteiger partial charge in [0.25, 0.3) is 0 Å². The van der Waals surface area contributed by atoms with E-state index in [4.69, 9.17) is 18.0 Å². The molecule has 0 spiro atoms. The van der Waals surface area contributed by atoms with Gasteiger partial charge in [-0.1, -0.05) is 73.3 Å². The van der Waals surface area contributed by atoms with Crippen LogP contribution in [0.15, 0.2) is 90.5 Å². The van der Waals surface area contributed by atoms with Crippen molar-refractivity contribution in [2.45, 2.75) is 6.92 Å². The van der Waals surface area contributed by atoms with Gasteiger partial charge >= 0.3 is 0 Å². The SMILES string of the molecule is C=C/C(=C\C=C/C)c1ccc(/C(=N/C(N)=S)Nc2ccccc2)cc1. The summed E-state index contributed by atoms with van der Waals surface area (Å²) >= 11 is 4.94. The lowest BCUT2D eigenvalue weighted by Crippen LogP contribution is -2.18. The fourth-order valence-corrected chi connectivity index (χ4v) is 2.33. The fraction of sp³-hybridized carbons (Fsp3) is 0.0476. The van der Waals surface area contributed by atoms with Gasteiger partial charge in [-0.2, -0.15) is 0 Å². The first-order valence-electron chi connectivity index (χ1n) is 7.90. The minimum Gasteiger partial charge on any atom is -0.374 e. The third-order valence-electron chi connectivity index (χ3n) is 3.44. The second-order valence-electron chi connectivity index (χ2n) is 5.22. The monoisotopic (exact) mass is 347 g/mol. The third-order valence-corrected chi connectivity index (χ3v) is 3.53. The molecule has 0 atom stereocenters. The number of allylic oxidation sites excluding steroid dienone is 5. The number of hydrogen-bond donors (Lipinski definition) is 2. The second kappa shape index (κ2) is 9.35. The van der Waals surface area contributed by atoms with Gasteiger partial charge in [0.15, 0.2) is 5.11 Å².